The van der Waals surface area contributed by atoms with Crippen molar-refractivity contribution < 1.29 is 9.09 Å². The zero-order valence-corrected chi connectivity index (χ0v) is 7.80. The van der Waals surface area contributed by atoms with Gasteiger partial charge in [0.2, 0.25) is 7.37 Å². The zero-order valence-electron chi connectivity index (χ0n) is 6.91. The maximum Gasteiger partial charge on any atom is 0.249 e. The molecule has 1 heterocycles. The molecular formula is C8H13O2P. The molecule has 0 saturated heterocycles. The second-order valence-corrected chi connectivity index (χ2v) is 5.25. The Bertz CT molecular complexity index is 242. The molecule has 0 bridgehead atoms. The fraction of sp³-hybridized carbons (Fsp3) is 0.500. The van der Waals surface area contributed by atoms with Crippen LogP contribution in [0.5, 0.6) is 0 Å². The number of hydrogen-bond acceptors (Lipinski definition) is 2. The molecule has 0 fully saturated rings. The first-order valence-electron chi connectivity index (χ1n) is 3.67. The summed E-state index contributed by atoms with van der Waals surface area (Å²) in [7, 11) is -2.62. The van der Waals surface area contributed by atoms with Crippen molar-refractivity contribution in [1.29, 1.82) is 0 Å². The highest BCUT2D eigenvalue weighted by atomic mass is 31.2. The second-order valence-electron chi connectivity index (χ2n) is 2.78. The predicted octanol–water partition coefficient (Wildman–Crippen LogP) is 3.12. The molecule has 0 unspecified atom stereocenters. The minimum Gasteiger partial charge on any atom is -0.319 e. The first kappa shape index (κ1) is 8.76. The molecule has 0 radical (unpaired) electrons. The monoisotopic (exact) mass is 172 g/mol. The minimum atomic E-state index is -2.62. The van der Waals surface area contributed by atoms with Crippen LogP contribution in [0.4, 0.5) is 0 Å². The largest absolute Gasteiger partial charge is 0.319 e. The average Bonchev–Trinajstić information content (AvgIpc) is 1.98. The van der Waals surface area contributed by atoms with Gasteiger partial charge in [-0.1, -0.05) is 12.7 Å². The Morgan fingerprint density at radius 3 is 3.00 bits per heavy atom. The highest BCUT2D eigenvalue weighted by Crippen LogP contribution is 2.59. The van der Waals surface area contributed by atoms with Crippen molar-refractivity contribution in [2.45, 2.75) is 26.4 Å². The Kier molecular flexibility index (Phi) is 2.36. The maximum atomic E-state index is 11.7. The van der Waals surface area contributed by atoms with Crippen molar-refractivity contribution >= 4 is 7.37 Å². The van der Waals surface area contributed by atoms with Crippen LogP contribution in [0.2, 0.25) is 0 Å². The van der Waals surface area contributed by atoms with Gasteiger partial charge < -0.3 is 4.52 Å². The van der Waals surface area contributed by atoms with Gasteiger partial charge in [0, 0.05) is 5.31 Å². The van der Waals surface area contributed by atoms with Crippen molar-refractivity contribution in [3.05, 3.63) is 23.8 Å². The van der Waals surface area contributed by atoms with E-state index < -0.39 is 7.37 Å². The van der Waals surface area contributed by atoms with Crippen LogP contribution < -0.4 is 0 Å². The summed E-state index contributed by atoms with van der Waals surface area (Å²) < 4.78 is 17.0. The molecule has 0 aromatic heterocycles. The molecule has 11 heavy (non-hydrogen) atoms. The molecule has 2 nitrogen and oxygen atoms in total. The summed E-state index contributed by atoms with van der Waals surface area (Å²) in [4.78, 5) is 0. The summed E-state index contributed by atoms with van der Waals surface area (Å²) >= 11 is 0. The van der Waals surface area contributed by atoms with E-state index in [1.165, 1.54) is 5.82 Å². The molecule has 0 spiro atoms. The molecule has 0 amide bonds. The molecule has 1 aliphatic rings. The summed E-state index contributed by atoms with van der Waals surface area (Å²) in [5.74, 6) is 1.43. The highest BCUT2D eigenvalue weighted by molar-refractivity contribution is 7.66. The van der Waals surface area contributed by atoms with E-state index in [1.54, 1.807) is 0 Å². The van der Waals surface area contributed by atoms with Gasteiger partial charge in [0.1, 0.15) is 0 Å². The van der Waals surface area contributed by atoms with Crippen LogP contribution in [0.15, 0.2) is 23.8 Å². The fourth-order valence-electron chi connectivity index (χ4n) is 1.04. The molecule has 62 valence electrons. The molecule has 1 aliphatic heterocycles. The van der Waals surface area contributed by atoms with E-state index in [2.05, 4.69) is 6.58 Å². The lowest BCUT2D eigenvalue weighted by Crippen LogP contribution is -2.09. The fourth-order valence-corrected chi connectivity index (χ4v) is 2.57. The third-order valence-corrected chi connectivity index (χ3v) is 4.13. The maximum absolute atomic E-state index is 11.7. The van der Waals surface area contributed by atoms with E-state index in [0.29, 0.717) is 0 Å². The number of hydrogen-bond donors (Lipinski definition) is 0. The van der Waals surface area contributed by atoms with Crippen molar-refractivity contribution in [3.63, 3.8) is 0 Å². The van der Waals surface area contributed by atoms with Crippen molar-refractivity contribution in [1.82, 2.24) is 0 Å². The van der Waals surface area contributed by atoms with E-state index in [-0.39, 0.29) is 6.10 Å². The molecule has 0 aromatic rings. The Morgan fingerprint density at radius 2 is 2.55 bits per heavy atom. The van der Waals surface area contributed by atoms with Gasteiger partial charge >= 0.3 is 0 Å². The van der Waals surface area contributed by atoms with Crippen molar-refractivity contribution in [2.75, 3.05) is 0 Å². The second kappa shape index (κ2) is 2.96. The predicted molar refractivity (Wildman–Crippen MR) is 46.7 cm³/mol. The topological polar surface area (TPSA) is 26.3 Å². The van der Waals surface area contributed by atoms with Crippen LogP contribution in [-0.2, 0) is 9.09 Å². The molecule has 2 atom stereocenters. The Morgan fingerprint density at radius 1 is 1.91 bits per heavy atom. The van der Waals surface area contributed by atoms with Gasteiger partial charge in [-0.25, -0.2) is 0 Å². The molecule has 0 saturated carbocycles. The smallest absolute Gasteiger partial charge is 0.249 e. The van der Waals surface area contributed by atoms with Crippen molar-refractivity contribution in [3.8, 4) is 0 Å². The van der Waals surface area contributed by atoms with Gasteiger partial charge in [-0.2, -0.15) is 0 Å². The SMILES string of the molecule is C=C[P@@]1(=O)O[C@@H](C)CC=C1C. The summed E-state index contributed by atoms with van der Waals surface area (Å²) in [5, 5.41) is 0.825. The minimum absolute atomic E-state index is 0.0579. The molecule has 0 aromatic carbocycles. The first-order valence-corrected chi connectivity index (χ1v) is 5.37. The van der Waals surface area contributed by atoms with Crippen LogP contribution >= 0.6 is 7.37 Å². The van der Waals surface area contributed by atoms with Gasteiger partial charge in [0.05, 0.1) is 6.10 Å². The number of rotatable bonds is 1. The molecule has 3 heteroatoms. The first-order chi connectivity index (χ1) is 5.08. The molecule has 1 rings (SSSR count). The van der Waals surface area contributed by atoms with Crippen LogP contribution in [0.25, 0.3) is 0 Å². The quantitative estimate of drug-likeness (QED) is 0.568. The zero-order chi connectivity index (χ0) is 8.48. The molecule has 0 aliphatic carbocycles. The Balaban J connectivity index is 2.97. The molecule has 0 N–H and O–H groups in total. The molecular weight excluding hydrogens is 159 g/mol. The normalized spacial score (nSPS) is 38.0. The summed E-state index contributed by atoms with van der Waals surface area (Å²) in [6.07, 6.45) is 2.88. The van der Waals surface area contributed by atoms with E-state index >= 15 is 0 Å². The van der Waals surface area contributed by atoms with Gasteiger partial charge in [-0.15, -0.1) is 0 Å². The van der Waals surface area contributed by atoms with Crippen LogP contribution in [0, 0.1) is 0 Å². The van der Waals surface area contributed by atoms with Crippen LogP contribution in [0.1, 0.15) is 20.3 Å². The van der Waals surface area contributed by atoms with Gasteiger partial charge in [0.15, 0.2) is 0 Å². The lowest BCUT2D eigenvalue weighted by molar-refractivity contribution is 0.228. The van der Waals surface area contributed by atoms with Gasteiger partial charge in [-0.05, 0) is 26.1 Å². The Labute approximate surface area is 67.4 Å². The summed E-state index contributed by atoms with van der Waals surface area (Å²) in [6, 6.07) is 0. The lowest BCUT2D eigenvalue weighted by Gasteiger charge is -2.24. The third kappa shape index (κ3) is 1.63. The average molecular weight is 172 g/mol. The third-order valence-electron chi connectivity index (χ3n) is 1.81. The summed E-state index contributed by atoms with van der Waals surface area (Å²) in [6.45, 7) is 7.26. The van der Waals surface area contributed by atoms with E-state index in [4.69, 9.17) is 4.52 Å². The van der Waals surface area contributed by atoms with Crippen LogP contribution in [0.3, 0.4) is 0 Å². The van der Waals surface area contributed by atoms with E-state index in [9.17, 15) is 4.57 Å². The van der Waals surface area contributed by atoms with Gasteiger partial charge in [0.25, 0.3) is 0 Å². The van der Waals surface area contributed by atoms with Crippen LogP contribution in [-0.4, -0.2) is 6.10 Å². The summed E-state index contributed by atoms with van der Waals surface area (Å²) in [5.41, 5.74) is 0. The standard InChI is InChI=1S/C8H13O2P/c1-4-11(9)8(3)6-5-7(2)10-11/h4,6-7H,1,5H2,2-3H3/t7-,11+/m0/s1. The number of allylic oxidation sites excluding steroid dienone is 1. The van der Waals surface area contributed by atoms with Crippen molar-refractivity contribution in [2.24, 2.45) is 0 Å². The highest BCUT2D eigenvalue weighted by Gasteiger charge is 2.27. The van der Waals surface area contributed by atoms with Gasteiger partial charge in [-0.3, -0.25) is 4.57 Å². The Hall–Kier alpha value is -0.330. The lowest BCUT2D eigenvalue weighted by atomic mass is 10.3. The van der Waals surface area contributed by atoms with E-state index in [0.717, 1.165) is 11.7 Å². The van der Waals surface area contributed by atoms with E-state index in [1.807, 2.05) is 19.9 Å².